The smallest absolute Gasteiger partial charge is 0.253 e. The van der Waals surface area contributed by atoms with Crippen molar-refractivity contribution in [3.05, 3.63) is 89.5 Å². The van der Waals surface area contributed by atoms with E-state index in [1.807, 2.05) is 53.4 Å². The molecule has 1 amide bonds. The van der Waals surface area contributed by atoms with E-state index in [1.54, 1.807) is 14.2 Å². The SMILES string of the molecule is COc1ccc(OCc2cc(C(=O)N3CCN(Cc4ccccc4)CC3)ccc2OC)cc1. The molecule has 0 bridgehead atoms. The van der Waals surface area contributed by atoms with Crippen molar-refractivity contribution in [2.75, 3.05) is 40.4 Å². The first kappa shape index (κ1) is 22.7. The fourth-order valence-corrected chi connectivity index (χ4v) is 3.99. The van der Waals surface area contributed by atoms with Crippen LogP contribution in [0.1, 0.15) is 21.5 Å². The Bertz CT molecular complexity index is 1050. The molecule has 0 atom stereocenters. The fraction of sp³-hybridized carbons (Fsp3) is 0.296. The van der Waals surface area contributed by atoms with Crippen molar-refractivity contribution in [3.8, 4) is 17.2 Å². The molecule has 1 aliphatic rings. The van der Waals surface area contributed by atoms with Gasteiger partial charge in [0.2, 0.25) is 0 Å². The topological polar surface area (TPSA) is 51.2 Å². The van der Waals surface area contributed by atoms with E-state index in [0.29, 0.717) is 17.9 Å². The van der Waals surface area contributed by atoms with Gasteiger partial charge in [0.05, 0.1) is 14.2 Å². The van der Waals surface area contributed by atoms with Gasteiger partial charge in [0.15, 0.2) is 0 Å². The van der Waals surface area contributed by atoms with Crippen molar-refractivity contribution < 1.29 is 19.0 Å². The first-order valence-corrected chi connectivity index (χ1v) is 11.2. The van der Waals surface area contributed by atoms with Crippen molar-refractivity contribution in [1.29, 1.82) is 0 Å². The lowest BCUT2D eigenvalue weighted by molar-refractivity contribution is 0.0628. The van der Waals surface area contributed by atoms with Crippen LogP contribution in [0, 0.1) is 0 Å². The second-order valence-corrected chi connectivity index (χ2v) is 8.04. The number of piperazine rings is 1. The van der Waals surface area contributed by atoms with Gasteiger partial charge in [-0.2, -0.15) is 0 Å². The summed E-state index contributed by atoms with van der Waals surface area (Å²) in [4.78, 5) is 17.5. The van der Waals surface area contributed by atoms with Crippen LogP contribution in [0.5, 0.6) is 17.2 Å². The molecule has 0 unspecified atom stereocenters. The summed E-state index contributed by atoms with van der Waals surface area (Å²) in [5.74, 6) is 2.25. The number of benzene rings is 3. The third-order valence-electron chi connectivity index (χ3n) is 5.89. The van der Waals surface area contributed by atoms with Gasteiger partial charge in [0, 0.05) is 43.9 Å². The van der Waals surface area contributed by atoms with Crippen molar-refractivity contribution in [2.24, 2.45) is 0 Å². The molecule has 1 heterocycles. The van der Waals surface area contributed by atoms with Crippen molar-refractivity contribution >= 4 is 5.91 Å². The minimum atomic E-state index is 0.0442. The van der Waals surface area contributed by atoms with E-state index in [0.717, 1.165) is 49.8 Å². The molecule has 1 aliphatic heterocycles. The van der Waals surface area contributed by atoms with E-state index < -0.39 is 0 Å². The molecular weight excluding hydrogens is 416 g/mol. The summed E-state index contributed by atoms with van der Waals surface area (Å²) < 4.78 is 16.6. The van der Waals surface area contributed by atoms with Crippen LogP contribution in [-0.2, 0) is 13.2 Å². The molecule has 6 nitrogen and oxygen atoms in total. The molecule has 172 valence electrons. The summed E-state index contributed by atoms with van der Waals surface area (Å²) in [7, 11) is 3.26. The summed E-state index contributed by atoms with van der Waals surface area (Å²) in [5.41, 5.74) is 2.79. The largest absolute Gasteiger partial charge is 0.497 e. The second-order valence-electron chi connectivity index (χ2n) is 8.04. The highest BCUT2D eigenvalue weighted by molar-refractivity contribution is 5.94. The molecule has 1 saturated heterocycles. The molecule has 0 radical (unpaired) electrons. The number of nitrogens with zero attached hydrogens (tertiary/aromatic N) is 2. The van der Waals surface area contributed by atoms with Gasteiger partial charge in [0.1, 0.15) is 23.9 Å². The lowest BCUT2D eigenvalue weighted by atomic mass is 10.1. The van der Waals surface area contributed by atoms with Gasteiger partial charge in [-0.25, -0.2) is 0 Å². The van der Waals surface area contributed by atoms with E-state index in [2.05, 4.69) is 29.2 Å². The Hall–Kier alpha value is -3.51. The Kier molecular flexibility index (Phi) is 7.47. The average Bonchev–Trinajstić information content (AvgIpc) is 2.88. The number of carbonyl (C=O) groups excluding carboxylic acids is 1. The zero-order valence-electron chi connectivity index (χ0n) is 19.2. The summed E-state index contributed by atoms with van der Waals surface area (Å²) in [6.45, 7) is 4.39. The highest BCUT2D eigenvalue weighted by Gasteiger charge is 2.23. The minimum Gasteiger partial charge on any atom is -0.497 e. The van der Waals surface area contributed by atoms with E-state index in [1.165, 1.54) is 5.56 Å². The molecule has 0 N–H and O–H groups in total. The molecule has 0 saturated carbocycles. The van der Waals surface area contributed by atoms with E-state index in [-0.39, 0.29) is 5.91 Å². The Morgan fingerprint density at radius 2 is 1.52 bits per heavy atom. The molecule has 4 rings (SSSR count). The molecule has 0 aromatic heterocycles. The Morgan fingerprint density at radius 1 is 0.818 bits per heavy atom. The lowest BCUT2D eigenvalue weighted by Crippen LogP contribution is -2.48. The van der Waals surface area contributed by atoms with Gasteiger partial charge in [-0.05, 0) is 48.0 Å². The standard InChI is InChI=1S/C27H30N2O4/c1-31-24-9-11-25(12-10-24)33-20-23-18-22(8-13-26(23)32-2)27(30)29-16-14-28(15-17-29)19-21-6-4-3-5-7-21/h3-13,18H,14-17,19-20H2,1-2H3. The summed E-state index contributed by atoms with van der Waals surface area (Å²) in [6, 6.07) is 23.4. The highest BCUT2D eigenvalue weighted by Crippen LogP contribution is 2.24. The van der Waals surface area contributed by atoms with Crippen LogP contribution in [-0.4, -0.2) is 56.1 Å². The van der Waals surface area contributed by atoms with E-state index in [9.17, 15) is 4.79 Å². The number of methoxy groups -OCH3 is 2. The van der Waals surface area contributed by atoms with Gasteiger partial charge < -0.3 is 19.1 Å². The minimum absolute atomic E-state index is 0.0442. The number of carbonyl (C=O) groups is 1. The summed E-state index contributed by atoms with van der Waals surface area (Å²) in [5, 5.41) is 0. The molecule has 0 aliphatic carbocycles. The Balaban J connectivity index is 1.37. The molecular formula is C27H30N2O4. The molecule has 33 heavy (non-hydrogen) atoms. The number of hydrogen-bond acceptors (Lipinski definition) is 5. The molecule has 3 aromatic rings. The van der Waals surface area contributed by atoms with Crippen LogP contribution in [0.3, 0.4) is 0 Å². The number of rotatable bonds is 8. The summed E-state index contributed by atoms with van der Waals surface area (Å²) >= 11 is 0. The van der Waals surface area contributed by atoms with Crippen LogP contribution < -0.4 is 14.2 Å². The zero-order chi connectivity index (χ0) is 23.0. The predicted molar refractivity (Wildman–Crippen MR) is 128 cm³/mol. The number of hydrogen-bond donors (Lipinski definition) is 0. The predicted octanol–water partition coefficient (Wildman–Crippen LogP) is 4.24. The van der Waals surface area contributed by atoms with E-state index >= 15 is 0 Å². The van der Waals surface area contributed by atoms with E-state index in [4.69, 9.17) is 14.2 Å². The van der Waals surface area contributed by atoms with Crippen molar-refractivity contribution in [3.63, 3.8) is 0 Å². The molecule has 3 aromatic carbocycles. The number of amides is 1. The maximum atomic E-state index is 13.2. The zero-order valence-corrected chi connectivity index (χ0v) is 19.2. The molecule has 6 heteroatoms. The highest BCUT2D eigenvalue weighted by atomic mass is 16.5. The Labute approximate surface area is 195 Å². The van der Waals surface area contributed by atoms with Crippen LogP contribution in [0.25, 0.3) is 0 Å². The van der Waals surface area contributed by atoms with Crippen LogP contribution in [0.4, 0.5) is 0 Å². The quantitative estimate of drug-likeness (QED) is 0.518. The maximum absolute atomic E-state index is 13.2. The first-order chi connectivity index (χ1) is 16.2. The van der Waals surface area contributed by atoms with Gasteiger partial charge in [-0.1, -0.05) is 30.3 Å². The third kappa shape index (κ3) is 5.84. The van der Waals surface area contributed by atoms with Crippen LogP contribution in [0.2, 0.25) is 0 Å². The third-order valence-corrected chi connectivity index (χ3v) is 5.89. The maximum Gasteiger partial charge on any atom is 0.253 e. The molecule has 1 fully saturated rings. The van der Waals surface area contributed by atoms with Crippen LogP contribution >= 0.6 is 0 Å². The van der Waals surface area contributed by atoms with Crippen molar-refractivity contribution in [2.45, 2.75) is 13.2 Å². The van der Waals surface area contributed by atoms with Gasteiger partial charge in [-0.15, -0.1) is 0 Å². The van der Waals surface area contributed by atoms with Crippen molar-refractivity contribution in [1.82, 2.24) is 9.80 Å². The van der Waals surface area contributed by atoms with Gasteiger partial charge >= 0.3 is 0 Å². The lowest BCUT2D eigenvalue weighted by Gasteiger charge is -2.35. The number of ether oxygens (including phenoxy) is 3. The van der Waals surface area contributed by atoms with Gasteiger partial charge in [-0.3, -0.25) is 9.69 Å². The summed E-state index contributed by atoms with van der Waals surface area (Å²) in [6.07, 6.45) is 0. The monoisotopic (exact) mass is 446 g/mol. The average molecular weight is 447 g/mol. The fourth-order valence-electron chi connectivity index (χ4n) is 3.99. The first-order valence-electron chi connectivity index (χ1n) is 11.2. The van der Waals surface area contributed by atoms with Gasteiger partial charge in [0.25, 0.3) is 5.91 Å². The van der Waals surface area contributed by atoms with Crippen LogP contribution in [0.15, 0.2) is 72.8 Å². The second kappa shape index (κ2) is 10.9. The normalized spacial score (nSPS) is 14.1. The molecule has 0 spiro atoms. The Morgan fingerprint density at radius 3 is 2.18 bits per heavy atom.